The second-order valence-corrected chi connectivity index (χ2v) is 16.0. The van der Waals surface area contributed by atoms with Crippen molar-refractivity contribution < 1.29 is 31.1 Å². The topological polar surface area (TPSA) is 150 Å². The number of nitrogens with one attached hydrogen (secondary N) is 1. The zero-order chi connectivity index (χ0) is 37.2. The lowest BCUT2D eigenvalue weighted by Gasteiger charge is -2.43. The van der Waals surface area contributed by atoms with Crippen molar-refractivity contribution >= 4 is 38.3 Å². The first-order valence-corrected chi connectivity index (χ1v) is 19.2. The van der Waals surface area contributed by atoms with Crippen LogP contribution < -0.4 is 15.2 Å². The van der Waals surface area contributed by atoms with Crippen LogP contribution in [0.15, 0.2) is 61.1 Å². The van der Waals surface area contributed by atoms with Crippen molar-refractivity contribution in [3.05, 3.63) is 72.4 Å². The number of carbonyl (C=O) groups excluding carboxylic acids is 1. The molecule has 53 heavy (non-hydrogen) atoms. The number of hydrogen-bond acceptors (Lipinski definition) is 8. The minimum atomic E-state index is -5.04. The molecular weight excluding hydrogens is 710 g/mol. The highest BCUT2D eigenvalue weighted by Gasteiger charge is 2.54. The summed E-state index contributed by atoms with van der Waals surface area (Å²) in [6, 6.07) is 10.0. The van der Waals surface area contributed by atoms with Gasteiger partial charge >= 0.3 is 5.76 Å². The van der Waals surface area contributed by atoms with Crippen LogP contribution in [0.5, 0.6) is 5.75 Å². The number of nitrogens with two attached hydrogens (primary N) is 1. The van der Waals surface area contributed by atoms with Gasteiger partial charge < -0.3 is 15.4 Å². The minimum Gasteiger partial charge on any atom is -0.484 e. The number of aromatic nitrogens is 5. The van der Waals surface area contributed by atoms with Gasteiger partial charge in [-0.15, -0.1) is 0 Å². The lowest BCUT2D eigenvalue weighted by Crippen LogP contribution is -2.51. The van der Waals surface area contributed by atoms with Crippen molar-refractivity contribution in [1.29, 1.82) is 0 Å². The number of nitrogen functional groups attached to an aromatic ring is 1. The number of amides is 1. The molecule has 5 aromatic rings. The number of halogens is 3. The molecule has 3 aliphatic rings. The van der Waals surface area contributed by atoms with E-state index in [-0.39, 0.29) is 34.8 Å². The van der Waals surface area contributed by atoms with Crippen LogP contribution in [0.1, 0.15) is 69.6 Å². The molecule has 1 unspecified atom stereocenters. The van der Waals surface area contributed by atoms with E-state index in [9.17, 15) is 26.4 Å². The van der Waals surface area contributed by atoms with E-state index in [4.69, 9.17) is 20.7 Å². The summed E-state index contributed by atoms with van der Waals surface area (Å²) in [4.78, 5) is 19.9. The number of aryl methyl sites for hydroxylation is 1. The molecule has 2 aromatic carbocycles. The van der Waals surface area contributed by atoms with Gasteiger partial charge in [-0.3, -0.25) is 18.9 Å². The maximum Gasteiger partial charge on any atom is 0.355 e. The van der Waals surface area contributed by atoms with Gasteiger partial charge in [-0.25, -0.2) is 17.8 Å². The van der Waals surface area contributed by atoms with Gasteiger partial charge in [-0.2, -0.15) is 19.0 Å². The molecule has 2 saturated carbocycles. The van der Waals surface area contributed by atoms with Gasteiger partial charge in [0, 0.05) is 54.1 Å². The van der Waals surface area contributed by atoms with E-state index in [2.05, 4.69) is 9.88 Å². The molecular formula is C37H39F3N8O4S. The summed E-state index contributed by atoms with van der Waals surface area (Å²) >= 11 is 0. The third-order valence-electron chi connectivity index (χ3n) is 11.0. The number of sulfonamides is 1. The molecule has 12 nitrogen and oxygen atoms in total. The van der Waals surface area contributed by atoms with Crippen LogP contribution in [0.4, 0.5) is 24.7 Å². The van der Waals surface area contributed by atoms with Crippen molar-refractivity contribution in [2.24, 2.45) is 13.0 Å². The molecule has 8 rings (SSSR count). The maximum atomic E-state index is 13.6. The highest BCUT2D eigenvalue weighted by atomic mass is 32.2. The van der Waals surface area contributed by atoms with Crippen molar-refractivity contribution in [3.63, 3.8) is 0 Å². The third kappa shape index (κ3) is 6.36. The van der Waals surface area contributed by atoms with E-state index in [1.54, 1.807) is 31.0 Å². The Balaban J connectivity index is 1.12. The quantitative estimate of drug-likeness (QED) is 0.158. The number of benzene rings is 2. The molecule has 2 atom stereocenters. The summed E-state index contributed by atoms with van der Waals surface area (Å²) in [5.74, 6) is -3.48. The molecule has 3 fully saturated rings. The standard InChI is InChI=1S/C37H39F3N8O4S/c1-21(22-6-9-26(38)10-7-22)52-30-16-24(8-11-29(30)45-53(50,51)36(39)40)32-31-33(46(2)44-32)28(19-42-34(31)41)25-18-43-48(20-25)27-12-15-47(37(17-27)13-14-37)35(49)23-4-3-5-23/h6-11,16,18-21,23,27,36,45H,3-5,12-15,17H2,1-2H3,(H2,41,42)/t21-,27?/m0/s1. The first-order valence-electron chi connectivity index (χ1n) is 17.7. The number of hydrogen-bond donors (Lipinski definition) is 2. The van der Waals surface area contributed by atoms with Crippen molar-refractivity contribution in [1.82, 2.24) is 29.4 Å². The predicted molar refractivity (Wildman–Crippen MR) is 193 cm³/mol. The fraction of sp³-hybridized carbons (Fsp3) is 0.405. The number of ether oxygens (including phenoxy) is 1. The number of nitrogens with zero attached hydrogens (tertiary/aromatic N) is 6. The summed E-state index contributed by atoms with van der Waals surface area (Å²) in [7, 11) is -3.27. The molecule has 3 aromatic heterocycles. The van der Waals surface area contributed by atoms with E-state index in [0.717, 1.165) is 62.6 Å². The zero-order valence-corrected chi connectivity index (χ0v) is 30.0. The van der Waals surface area contributed by atoms with Crippen LogP contribution in [0.25, 0.3) is 33.3 Å². The van der Waals surface area contributed by atoms with Gasteiger partial charge in [0.05, 0.1) is 28.8 Å². The fourth-order valence-electron chi connectivity index (χ4n) is 7.70. The minimum absolute atomic E-state index is 0.0554. The van der Waals surface area contributed by atoms with Gasteiger partial charge in [-0.05, 0) is 75.3 Å². The Bertz CT molecular complexity index is 2320. The van der Waals surface area contributed by atoms with Crippen LogP contribution >= 0.6 is 0 Å². The maximum absolute atomic E-state index is 13.6. The van der Waals surface area contributed by atoms with Crippen molar-refractivity contribution in [2.75, 3.05) is 17.0 Å². The smallest absolute Gasteiger partial charge is 0.355 e. The Kier molecular flexibility index (Phi) is 8.62. The Morgan fingerprint density at radius 1 is 1.08 bits per heavy atom. The Hall–Kier alpha value is -5.12. The molecule has 16 heteroatoms. The number of likely N-dealkylation sites (tertiary alicyclic amines) is 1. The highest BCUT2D eigenvalue weighted by molar-refractivity contribution is 7.93. The van der Waals surface area contributed by atoms with E-state index >= 15 is 0 Å². The van der Waals surface area contributed by atoms with Crippen LogP contribution in [0.2, 0.25) is 0 Å². The van der Waals surface area contributed by atoms with Gasteiger partial charge in [0.15, 0.2) is 0 Å². The van der Waals surface area contributed by atoms with Gasteiger partial charge in [-0.1, -0.05) is 24.6 Å². The second kappa shape index (κ2) is 13.1. The Morgan fingerprint density at radius 2 is 1.83 bits per heavy atom. The van der Waals surface area contributed by atoms with Crippen molar-refractivity contribution in [3.8, 4) is 28.1 Å². The van der Waals surface area contributed by atoms with Crippen LogP contribution in [-0.2, 0) is 21.9 Å². The summed E-state index contributed by atoms with van der Waals surface area (Å²) in [5.41, 5.74) is 9.86. The average Bonchev–Trinajstić information content (AvgIpc) is 3.50. The molecule has 1 spiro atoms. The number of carbonyl (C=O) groups is 1. The second-order valence-electron chi connectivity index (χ2n) is 14.4. The number of piperidine rings is 1. The number of rotatable bonds is 10. The van der Waals surface area contributed by atoms with Gasteiger partial charge in [0.25, 0.3) is 10.0 Å². The van der Waals surface area contributed by atoms with Crippen LogP contribution in [0.3, 0.4) is 0 Å². The Morgan fingerprint density at radius 3 is 2.51 bits per heavy atom. The summed E-state index contributed by atoms with van der Waals surface area (Å²) in [5, 5.41) is 10.1. The number of anilines is 2. The Labute approximate surface area is 304 Å². The van der Waals surface area contributed by atoms with Crippen LogP contribution in [0, 0.1) is 11.7 Å². The largest absolute Gasteiger partial charge is 0.484 e. The van der Waals surface area contributed by atoms with E-state index in [1.165, 1.54) is 42.5 Å². The molecule has 278 valence electrons. The van der Waals surface area contributed by atoms with Gasteiger partial charge in [0.1, 0.15) is 29.2 Å². The normalized spacial score (nSPS) is 19.1. The first kappa shape index (κ1) is 34.9. The molecule has 0 bridgehead atoms. The predicted octanol–water partition coefficient (Wildman–Crippen LogP) is 6.82. The number of pyridine rings is 1. The lowest BCUT2D eigenvalue weighted by atomic mass is 9.82. The molecule has 4 heterocycles. The van der Waals surface area contributed by atoms with E-state index < -0.39 is 27.7 Å². The molecule has 1 aliphatic heterocycles. The molecule has 3 N–H and O–H groups in total. The average molecular weight is 749 g/mol. The fourth-order valence-corrected chi connectivity index (χ4v) is 8.26. The lowest BCUT2D eigenvalue weighted by molar-refractivity contribution is -0.143. The van der Waals surface area contributed by atoms with Gasteiger partial charge in [0.2, 0.25) is 5.91 Å². The van der Waals surface area contributed by atoms with Crippen molar-refractivity contribution in [2.45, 2.75) is 75.3 Å². The number of fused-ring (bicyclic) bond motifs is 1. The third-order valence-corrected chi connectivity index (χ3v) is 12.0. The van der Waals surface area contributed by atoms with E-state index in [0.29, 0.717) is 33.6 Å². The summed E-state index contributed by atoms with van der Waals surface area (Å²) in [6.07, 6.45) is 11.6. The molecule has 1 saturated heterocycles. The van der Waals surface area contributed by atoms with Crippen LogP contribution in [-0.4, -0.2) is 61.6 Å². The SMILES string of the molecule is C[C@H](Oc1cc(-c2nn(C)c3c(-c4cnn(C5CCN(C(=O)C6CCC6)C6(CC6)C5)c4)cnc(N)c23)ccc1NS(=O)(=O)C(F)F)c1ccc(F)cc1. The molecule has 0 radical (unpaired) electrons. The monoisotopic (exact) mass is 748 g/mol. The zero-order valence-electron chi connectivity index (χ0n) is 29.2. The molecule has 1 amide bonds. The first-order chi connectivity index (χ1) is 25.3. The van der Waals surface area contributed by atoms with E-state index in [1.807, 2.05) is 15.6 Å². The molecule has 2 aliphatic carbocycles. The number of alkyl halides is 2. The summed E-state index contributed by atoms with van der Waals surface area (Å²) < 4.78 is 76.5. The summed E-state index contributed by atoms with van der Waals surface area (Å²) in [6.45, 7) is 2.39. The highest BCUT2D eigenvalue weighted by Crippen LogP contribution is 2.52.